The zero-order valence-electron chi connectivity index (χ0n) is 16.3. The molecule has 0 aromatic heterocycles. The van der Waals surface area contributed by atoms with E-state index in [9.17, 15) is 9.59 Å². The maximum Gasteiger partial charge on any atom is 0.251 e. The lowest BCUT2D eigenvalue weighted by Crippen LogP contribution is -2.51. The van der Waals surface area contributed by atoms with Gasteiger partial charge >= 0.3 is 0 Å². The zero-order valence-corrected chi connectivity index (χ0v) is 16.3. The highest BCUT2D eigenvalue weighted by molar-refractivity contribution is 5.95. The van der Waals surface area contributed by atoms with E-state index in [2.05, 4.69) is 10.2 Å². The van der Waals surface area contributed by atoms with Crippen LogP contribution in [0.15, 0.2) is 24.3 Å². The number of anilines is 1. The number of hydrogen-bond acceptors (Lipinski definition) is 3. The summed E-state index contributed by atoms with van der Waals surface area (Å²) >= 11 is 0. The molecule has 1 aliphatic rings. The van der Waals surface area contributed by atoms with Gasteiger partial charge in [0.15, 0.2) is 0 Å². The second kappa shape index (κ2) is 7.06. The van der Waals surface area contributed by atoms with Gasteiger partial charge in [0.05, 0.1) is 0 Å². The van der Waals surface area contributed by atoms with E-state index < -0.39 is 0 Å². The molecule has 5 heteroatoms. The highest BCUT2D eigenvalue weighted by Crippen LogP contribution is 2.21. The molecule has 2 amide bonds. The quantitative estimate of drug-likeness (QED) is 0.897. The van der Waals surface area contributed by atoms with Crippen molar-refractivity contribution in [1.29, 1.82) is 0 Å². The number of hydrogen-bond donors (Lipinski definition) is 1. The molecule has 1 saturated heterocycles. The van der Waals surface area contributed by atoms with Crippen molar-refractivity contribution in [2.75, 3.05) is 31.1 Å². The van der Waals surface area contributed by atoms with E-state index in [1.807, 2.05) is 70.7 Å². The number of benzene rings is 1. The number of carbonyl (C=O) groups is 2. The average Bonchev–Trinajstić information content (AvgIpc) is 2.52. The third-order valence-corrected chi connectivity index (χ3v) is 4.19. The van der Waals surface area contributed by atoms with E-state index in [1.165, 1.54) is 0 Å². The van der Waals surface area contributed by atoms with Gasteiger partial charge in [-0.25, -0.2) is 0 Å². The van der Waals surface area contributed by atoms with Gasteiger partial charge in [-0.3, -0.25) is 9.59 Å². The smallest absolute Gasteiger partial charge is 0.251 e. The standard InChI is InChI=1S/C20H31N3O2/c1-19(2,3)18(25)23-13-11-22(12-14-23)16-9-7-15(8-10-16)17(24)21-20(4,5)6/h7-10H,11-14H2,1-6H3,(H,21,24). The fourth-order valence-corrected chi connectivity index (χ4v) is 2.88. The van der Waals surface area contributed by atoms with Crippen LogP contribution >= 0.6 is 0 Å². The largest absolute Gasteiger partial charge is 0.368 e. The summed E-state index contributed by atoms with van der Waals surface area (Å²) in [5.74, 6) is 0.154. The van der Waals surface area contributed by atoms with Gasteiger partial charge < -0.3 is 15.1 Å². The lowest BCUT2D eigenvalue weighted by atomic mass is 9.94. The molecule has 0 radical (unpaired) electrons. The summed E-state index contributed by atoms with van der Waals surface area (Å²) in [6.07, 6.45) is 0. The SMILES string of the molecule is CC(C)(C)NC(=O)c1ccc(N2CCN(C(=O)C(C)(C)C)CC2)cc1. The second-order valence-corrected chi connectivity index (χ2v) is 8.78. The molecule has 0 atom stereocenters. The first-order chi connectivity index (χ1) is 11.5. The van der Waals surface area contributed by atoms with Crippen molar-refractivity contribution in [2.45, 2.75) is 47.1 Å². The molecule has 0 bridgehead atoms. The summed E-state index contributed by atoms with van der Waals surface area (Å²) in [5, 5.41) is 2.97. The van der Waals surface area contributed by atoms with Gasteiger partial charge in [0, 0.05) is 48.4 Å². The first kappa shape index (κ1) is 19.3. The van der Waals surface area contributed by atoms with Crippen LogP contribution in [0.5, 0.6) is 0 Å². The van der Waals surface area contributed by atoms with E-state index in [4.69, 9.17) is 0 Å². The van der Waals surface area contributed by atoms with Gasteiger partial charge in [0.1, 0.15) is 0 Å². The molecule has 0 saturated carbocycles. The summed E-state index contributed by atoms with van der Waals surface area (Å²) in [5.41, 5.74) is 1.19. The van der Waals surface area contributed by atoms with Crippen LogP contribution in [0.4, 0.5) is 5.69 Å². The van der Waals surface area contributed by atoms with Crippen molar-refractivity contribution in [3.05, 3.63) is 29.8 Å². The van der Waals surface area contributed by atoms with Crippen molar-refractivity contribution in [2.24, 2.45) is 5.41 Å². The van der Waals surface area contributed by atoms with Crippen molar-refractivity contribution in [1.82, 2.24) is 10.2 Å². The monoisotopic (exact) mass is 345 g/mol. The molecule has 0 aliphatic carbocycles. The molecule has 1 aromatic rings. The minimum atomic E-state index is -0.329. The molecule has 1 heterocycles. The molecule has 25 heavy (non-hydrogen) atoms. The summed E-state index contributed by atoms with van der Waals surface area (Å²) in [6.45, 7) is 14.9. The lowest BCUT2D eigenvalue weighted by molar-refractivity contribution is -0.139. The van der Waals surface area contributed by atoms with Gasteiger partial charge in [-0.05, 0) is 45.0 Å². The minimum absolute atomic E-state index is 0.0559. The van der Waals surface area contributed by atoms with Crippen LogP contribution in [0.25, 0.3) is 0 Å². The number of piperazine rings is 1. The van der Waals surface area contributed by atoms with E-state index in [0.29, 0.717) is 5.56 Å². The number of amides is 2. The Morgan fingerprint density at radius 1 is 0.880 bits per heavy atom. The summed E-state index contributed by atoms with van der Waals surface area (Å²) in [6, 6.07) is 7.70. The Morgan fingerprint density at radius 2 is 1.40 bits per heavy atom. The number of nitrogens with one attached hydrogen (secondary N) is 1. The van der Waals surface area contributed by atoms with Gasteiger partial charge in [-0.1, -0.05) is 20.8 Å². The van der Waals surface area contributed by atoms with E-state index in [0.717, 1.165) is 31.9 Å². The fourth-order valence-electron chi connectivity index (χ4n) is 2.88. The molecule has 138 valence electrons. The molecule has 1 aromatic carbocycles. The van der Waals surface area contributed by atoms with E-state index >= 15 is 0 Å². The summed E-state index contributed by atoms with van der Waals surface area (Å²) < 4.78 is 0. The molecular formula is C20H31N3O2. The van der Waals surface area contributed by atoms with Crippen LogP contribution < -0.4 is 10.2 Å². The normalized spacial score (nSPS) is 15.9. The molecule has 1 aliphatic heterocycles. The highest BCUT2D eigenvalue weighted by Gasteiger charge is 2.29. The predicted molar refractivity (Wildman–Crippen MR) is 102 cm³/mol. The van der Waals surface area contributed by atoms with Gasteiger partial charge in [-0.15, -0.1) is 0 Å². The Kier molecular flexibility index (Phi) is 5.45. The van der Waals surface area contributed by atoms with Crippen LogP contribution in [0, 0.1) is 5.41 Å². The minimum Gasteiger partial charge on any atom is -0.368 e. The number of carbonyl (C=O) groups excluding carboxylic acids is 2. The first-order valence-electron chi connectivity index (χ1n) is 8.94. The Morgan fingerprint density at radius 3 is 1.84 bits per heavy atom. The molecular weight excluding hydrogens is 314 g/mol. The Balaban J connectivity index is 1.96. The van der Waals surface area contributed by atoms with E-state index in [1.54, 1.807) is 0 Å². The van der Waals surface area contributed by atoms with Crippen molar-refractivity contribution >= 4 is 17.5 Å². The van der Waals surface area contributed by atoms with Crippen LogP contribution in [0.1, 0.15) is 51.9 Å². The van der Waals surface area contributed by atoms with Crippen LogP contribution in [-0.4, -0.2) is 48.4 Å². The topological polar surface area (TPSA) is 52.7 Å². The van der Waals surface area contributed by atoms with Crippen molar-refractivity contribution in [3.63, 3.8) is 0 Å². The molecule has 0 unspecified atom stereocenters. The average molecular weight is 345 g/mol. The molecule has 5 nitrogen and oxygen atoms in total. The Bertz CT molecular complexity index is 616. The van der Waals surface area contributed by atoms with Crippen LogP contribution in [0.2, 0.25) is 0 Å². The highest BCUT2D eigenvalue weighted by atomic mass is 16.2. The molecule has 2 rings (SSSR count). The van der Waals surface area contributed by atoms with Gasteiger partial charge in [-0.2, -0.15) is 0 Å². The number of nitrogens with zero attached hydrogens (tertiary/aromatic N) is 2. The zero-order chi connectivity index (χ0) is 18.8. The van der Waals surface area contributed by atoms with Crippen LogP contribution in [0.3, 0.4) is 0 Å². The Hall–Kier alpha value is -2.04. The third kappa shape index (κ3) is 5.21. The molecule has 0 spiro atoms. The van der Waals surface area contributed by atoms with E-state index in [-0.39, 0.29) is 22.8 Å². The summed E-state index contributed by atoms with van der Waals surface area (Å²) in [7, 11) is 0. The number of rotatable bonds is 2. The fraction of sp³-hybridized carbons (Fsp3) is 0.600. The maximum atomic E-state index is 12.4. The van der Waals surface area contributed by atoms with Gasteiger partial charge in [0.25, 0.3) is 5.91 Å². The van der Waals surface area contributed by atoms with Crippen molar-refractivity contribution < 1.29 is 9.59 Å². The lowest BCUT2D eigenvalue weighted by Gasteiger charge is -2.38. The third-order valence-electron chi connectivity index (χ3n) is 4.19. The predicted octanol–water partition coefficient (Wildman–Crippen LogP) is 2.91. The molecule has 1 fully saturated rings. The van der Waals surface area contributed by atoms with Crippen LogP contribution in [-0.2, 0) is 4.79 Å². The van der Waals surface area contributed by atoms with Crippen molar-refractivity contribution in [3.8, 4) is 0 Å². The second-order valence-electron chi connectivity index (χ2n) is 8.78. The van der Waals surface area contributed by atoms with Gasteiger partial charge in [0.2, 0.25) is 5.91 Å². The first-order valence-corrected chi connectivity index (χ1v) is 8.94. The summed E-state index contributed by atoms with van der Waals surface area (Å²) in [4.78, 5) is 28.8. The maximum absolute atomic E-state index is 12.4. The molecule has 1 N–H and O–H groups in total. The Labute approximate surface area is 151 Å².